The van der Waals surface area contributed by atoms with Crippen LogP contribution in [0, 0.1) is 10.1 Å². The van der Waals surface area contributed by atoms with E-state index in [0.717, 1.165) is 11.8 Å². The van der Waals surface area contributed by atoms with Crippen molar-refractivity contribution in [2.45, 2.75) is 24.7 Å². The first-order valence-corrected chi connectivity index (χ1v) is 11.9. The molecule has 0 spiro atoms. The van der Waals surface area contributed by atoms with E-state index >= 15 is 0 Å². The number of allylic oxidation sites excluding steroid dienone is 1. The van der Waals surface area contributed by atoms with Crippen LogP contribution in [0.3, 0.4) is 0 Å². The van der Waals surface area contributed by atoms with Gasteiger partial charge in [0.05, 0.1) is 27.3 Å². The predicted molar refractivity (Wildman–Crippen MR) is 135 cm³/mol. The van der Waals surface area contributed by atoms with Crippen LogP contribution in [0.4, 0.5) is 11.4 Å². The van der Waals surface area contributed by atoms with Gasteiger partial charge in [-0.05, 0) is 37.3 Å². The SMILES string of the molecule is C=CCn1c(SCC(=O)Nc2ccc([N+](=O)[O-])cc2)nnc1[C@@H](C)NC(=O)c1ccc(Cl)cc1Cl. The second kappa shape index (κ2) is 11.8. The highest BCUT2D eigenvalue weighted by atomic mass is 35.5. The summed E-state index contributed by atoms with van der Waals surface area (Å²) in [7, 11) is 0. The number of rotatable bonds is 10. The lowest BCUT2D eigenvalue weighted by Gasteiger charge is -2.16. The summed E-state index contributed by atoms with van der Waals surface area (Å²) in [6.45, 7) is 5.85. The molecule has 0 radical (unpaired) electrons. The fourth-order valence-electron chi connectivity index (χ4n) is 3.03. The third-order valence-electron chi connectivity index (χ3n) is 4.66. The highest BCUT2D eigenvalue weighted by Crippen LogP contribution is 2.24. The van der Waals surface area contributed by atoms with Crippen molar-refractivity contribution in [1.82, 2.24) is 20.1 Å². The average Bonchev–Trinajstić information content (AvgIpc) is 3.21. The summed E-state index contributed by atoms with van der Waals surface area (Å²) in [6, 6.07) is 9.59. The number of nitrogens with one attached hydrogen (secondary N) is 2. The summed E-state index contributed by atoms with van der Waals surface area (Å²) in [5, 5.41) is 25.7. The van der Waals surface area contributed by atoms with Crippen molar-refractivity contribution in [1.29, 1.82) is 0 Å². The van der Waals surface area contributed by atoms with Crippen LogP contribution < -0.4 is 10.6 Å². The lowest BCUT2D eigenvalue weighted by Crippen LogP contribution is -2.29. The first-order valence-electron chi connectivity index (χ1n) is 10.2. The molecule has 3 aromatic rings. The number of nitro benzene ring substituents is 1. The largest absolute Gasteiger partial charge is 0.342 e. The monoisotopic (exact) mass is 534 g/mol. The average molecular weight is 535 g/mol. The minimum Gasteiger partial charge on any atom is -0.342 e. The molecule has 182 valence electrons. The number of hydrogen-bond acceptors (Lipinski definition) is 7. The highest BCUT2D eigenvalue weighted by Gasteiger charge is 2.21. The van der Waals surface area contributed by atoms with E-state index in [1.165, 1.54) is 36.4 Å². The zero-order valence-corrected chi connectivity index (χ0v) is 20.7. The van der Waals surface area contributed by atoms with Crippen LogP contribution in [-0.2, 0) is 11.3 Å². The number of benzene rings is 2. The van der Waals surface area contributed by atoms with Gasteiger partial charge in [-0.3, -0.25) is 19.7 Å². The number of non-ortho nitro benzene ring substituents is 1. The van der Waals surface area contributed by atoms with Crippen molar-refractivity contribution >= 4 is 58.2 Å². The molecule has 2 N–H and O–H groups in total. The number of amides is 2. The summed E-state index contributed by atoms with van der Waals surface area (Å²) in [5.74, 6) is -0.226. The Bertz CT molecular complexity index is 1270. The molecule has 0 fully saturated rings. The standard InChI is InChI=1S/C22H20Cl2N6O4S/c1-3-10-29-20(13(2)25-21(32)17-9-4-14(23)11-18(17)24)27-28-22(29)35-12-19(31)26-15-5-7-16(8-6-15)30(33)34/h3-9,11,13H,1,10,12H2,2H3,(H,25,32)(H,26,31)/t13-/m1/s1. The van der Waals surface area contributed by atoms with Gasteiger partial charge in [0.1, 0.15) is 0 Å². The molecule has 0 aliphatic heterocycles. The minimum absolute atomic E-state index is 0.0212. The molecule has 2 amide bonds. The molecule has 3 rings (SSSR count). The van der Waals surface area contributed by atoms with E-state index in [1.54, 1.807) is 23.6 Å². The number of halogens is 2. The van der Waals surface area contributed by atoms with Gasteiger partial charge in [0.2, 0.25) is 5.91 Å². The second-order valence-corrected chi connectivity index (χ2v) is 8.99. The van der Waals surface area contributed by atoms with Crippen LogP contribution in [0.25, 0.3) is 0 Å². The van der Waals surface area contributed by atoms with E-state index in [9.17, 15) is 19.7 Å². The zero-order valence-electron chi connectivity index (χ0n) is 18.4. The van der Waals surface area contributed by atoms with Gasteiger partial charge in [0, 0.05) is 29.4 Å². The van der Waals surface area contributed by atoms with Crippen LogP contribution in [0.1, 0.15) is 29.1 Å². The Morgan fingerprint density at radius 1 is 1.23 bits per heavy atom. The molecule has 0 saturated carbocycles. The summed E-state index contributed by atoms with van der Waals surface area (Å²) in [5.41, 5.74) is 0.642. The molecule has 0 aliphatic carbocycles. The lowest BCUT2D eigenvalue weighted by molar-refractivity contribution is -0.384. The number of carbonyl (C=O) groups is 2. The maximum absolute atomic E-state index is 12.7. The maximum Gasteiger partial charge on any atom is 0.269 e. The lowest BCUT2D eigenvalue weighted by atomic mass is 10.2. The van der Waals surface area contributed by atoms with E-state index in [2.05, 4.69) is 27.4 Å². The van der Waals surface area contributed by atoms with E-state index in [0.29, 0.717) is 28.2 Å². The zero-order chi connectivity index (χ0) is 25.5. The van der Waals surface area contributed by atoms with Crippen molar-refractivity contribution in [3.63, 3.8) is 0 Å². The van der Waals surface area contributed by atoms with E-state index in [4.69, 9.17) is 23.2 Å². The fraction of sp³-hybridized carbons (Fsp3) is 0.182. The second-order valence-electron chi connectivity index (χ2n) is 7.20. The Labute approximate surface area is 214 Å². The topological polar surface area (TPSA) is 132 Å². The third-order valence-corrected chi connectivity index (χ3v) is 6.18. The summed E-state index contributed by atoms with van der Waals surface area (Å²) in [6.07, 6.45) is 1.65. The first-order chi connectivity index (χ1) is 16.7. The van der Waals surface area contributed by atoms with Gasteiger partial charge in [-0.2, -0.15) is 0 Å². The number of aromatic nitrogens is 3. The predicted octanol–water partition coefficient (Wildman–Crippen LogP) is 4.90. The van der Waals surface area contributed by atoms with Crippen LogP contribution in [-0.4, -0.2) is 37.3 Å². The molecule has 1 heterocycles. The van der Waals surface area contributed by atoms with Gasteiger partial charge < -0.3 is 15.2 Å². The smallest absolute Gasteiger partial charge is 0.269 e. The number of thioether (sulfide) groups is 1. The summed E-state index contributed by atoms with van der Waals surface area (Å²) >= 11 is 13.2. The molecule has 1 atom stereocenters. The van der Waals surface area contributed by atoms with Crippen molar-refractivity contribution in [2.24, 2.45) is 0 Å². The molecule has 35 heavy (non-hydrogen) atoms. The van der Waals surface area contributed by atoms with E-state index < -0.39 is 16.9 Å². The highest BCUT2D eigenvalue weighted by molar-refractivity contribution is 7.99. The van der Waals surface area contributed by atoms with Gasteiger partial charge in [0.25, 0.3) is 11.6 Å². The summed E-state index contributed by atoms with van der Waals surface area (Å²) < 4.78 is 1.74. The Morgan fingerprint density at radius 3 is 2.57 bits per heavy atom. The third kappa shape index (κ3) is 6.81. The van der Waals surface area contributed by atoms with Gasteiger partial charge >= 0.3 is 0 Å². The van der Waals surface area contributed by atoms with Crippen molar-refractivity contribution in [3.05, 3.63) is 86.7 Å². The molecule has 10 nitrogen and oxygen atoms in total. The molecular weight excluding hydrogens is 515 g/mol. The molecular formula is C22H20Cl2N6O4S. The Morgan fingerprint density at radius 2 is 1.94 bits per heavy atom. The van der Waals surface area contributed by atoms with Crippen LogP contribution in [0.5, 0.6) is 0 Å². The fourth-order valence-corrected chi connectivity index (χ4v) is 4.28. The number of nitrogens with zero attached hydrogens (tertiary/aromatic N) is 4. The molecule has 0 saturated heterocycles. The summed E-state index contributed by atoms with van der Waals surface area (Å²) in [4.78, 5) is 35.3. The van der Waals surface area contributed by atoms with Gasteiger partial charge in [0.15, 0.2) is 11.0 Å². The number of anilines is 1. The van der Waals surface area contributed by atoms with Crippen molar-refractivity contribution < 1.29 is 14.5 Å². The number of hydrogen-bond donors (Lipinski definition) is 2. The number of carbonyl (C=O) groups excluding carboxylic acids is 2. The van der Waals surface area contributed by atoms with Crippen molar-refractivity contribution in [3.8, 4) is 0 Å². The molecule has 0 bridgehead atoms. The maximum atomic E-state index is 12.7. The molecule has 1 aromatic heterocycles. The molecule has 0 aliphatic rings. The van der Waals surface area contributed by atoms with Crippen LogP contribution in [0.2, 0.25) is 10.0 Å². The quantitative estimate of drug-likeness (QED) is 0.163. The van der Waals surface area contributed by atoms with Crippen LogP contribution in [0.15, 0.2) is 60.3 Å². The Kier molecular flexibility index (Phi) is 8.85. The normalized spacial score (nSPS) is 11.5. The van der Waals surface area contributed by atoms with Gasteiger partial charge in [-0.25, -0.2) is 0 Å². The first kappa shape index (κ1) is 26.2. The molecule has 13 heteroatoms. The van der Waals surface area contributed by atoms with E-state index in [1.807, 2.05) is 0 Å². The Balaban J connectivity index is 1.66. The van der Waals surface area contributed by atoms with Gasteiger partial charge in [-0.15, -0.1) is 16.8 Å². The van der Waals surface area contributed by atoms with E-state index in [-0.39, 0.29) is 27.9 Å². The van der Waals surface area contributed by atoms with Crippen molar-refractivity contribution in [2.75, 3.05) is 11.1 Å². The minimum atomic E-state index is -0.523. The molecule has 0 unspecified atom stereocenters. The Hall–Kier alpha value is -3.41. The number of nitro groups is 1. The van der Waals surface area contributed by atoms with Crippen LogP contribution >= 0.6 is 35.0 Å². The van der Waals surface area contributed by atoms with Gasteiger partial charge in [-0.1, -0.05) is 41.0 Å². The molecule has 2 aromatic carbocycles.